The Kier molecular flexibility index (Phi) is 5.37. The van der Waals surface area contributed by atoms with Crippen LogP contribution in [0.3, 0.4) is 0 Å². The molecule has 1 aromatic carbocycles. The van der Waals surface area contributed by atoms with Crippen molar-refractivity contribution >= 4 is 17.5 Å². The average molecular weight is 298 g/mol. The van der Waals surface area contributed by atoms with Crippen LogP contribution in [-0.2, 0) is 9.53 Å². The molecule has 3 N–H and O–H groups in total. The average Bonchev–Trinajstić information content (AvgIpc) is 2.88. The highest BCUT2D eigenvalue weighted by molar-refractivity contribution is 6.30. The van der Waals surface area contributed by atoms with Gasteiger partial charge in [0.05, 0.1) is 6.61 Å². The van der Waals surface area contributed by atoms with Gasteiger partial charge in [0.15, 0.2) is 0 Å². The van der Waals surface area contributed by atoms with E-state index in [4.69, 9.17) is 16.3 Å². The van der Waals surface area contributed by atoms with Crippen LogP contribution in [0.5, 0.6) is 0 Å². The molecule has 20 heavy (non-hydrogen) atoms. The van der Waals surface area contributed by atoms with Gasteiger partial charge in [-0.1, -0.05) is 23.7 Å². The zero-order chi connectivity index (χ0) is 14.5. The molecular formula is C14H20ClN3O2. The predicted molar refractivity (Wildman–Crippen MR) is 78.4 cm³/mol. The fourth-order valence-corrected chi connectivity index (χ4v) is 2.50. The molecule has 3 unspecified atom stereocenters. The Balaban J connectivity index is 1.90. The molecule has 0 bridgehead atoms. The summed E-state index contributed by atoms with van der Waals surface area (Å²) in [6.07, 6.45) is 0.686. The number of methoxy groups -OCH3 is 1. The summed E-state index contributed by atoms with van der Waals surface area (Å²) in [5, 5.41) is 3.61. The third-order valence-corrected chi connectivity index (χ3v) is 3.51. The van der Waals surface area contributed by atoms with E-state index < -0.39 is 0 Å². The van der Waals surface area contributed by atoms with Crippen LogP contribution in [-0.4, -0.2) is 31.7 Å². The van der Waals surface area contributed by atoms with Gasteiger partial charge in [-0.2, -0.15) is 0 Å². The molecule has 0 spiro atoms. The third kappa shape index (κ3) is 3.93. The van der Waals surface area contributed by atoms with E-state index in [1.54, 1.807) is 7.11 Å². The normalized spacial score (nSPS) is 23.6. The molecule has 1 aliphatic rings. The standard InChI is InChI=1S/C14H20ClN3O2/c1-9(8-20-2)16-14(19)13-7-12(17-18-13)10-4-3-5-11(15)6-10/h3-6,9,12-13,17-18H,7-8H2,1-2H3,(H,16,19). The lowest BCUT2D eigenvalue weighted by Gasteiger charge is -2.16. The topological polar surface area (TPSA) is 62.4 Å². The number of hydrogen-bond donors (Lipinski definition) is 3. The summed E-state index contributed by atoms with van der Waals surface area (Å²) in [7, 11) is 1.62. The Morgan fingerprint density at radius 1 is 1.55 bits per heavy atom. The Morgan fingerprint density at radius 2 is 2.35 bits per heavy atom. The molecule has 0 aromatic heterocycles. The molecule has 6 heteroatoms. The Bertz CT molecular complexity index is 469. The van der Waals surface area contributed by atoms with Crippen LogP contribution in [0.4, 0.5) is 0 Å². The van der Waals surface area contributed by atoms with E-state index >= 15 is 0 Å². The van der Waals surface area contributed by atoms with Gasteiger partial charge >= 0.3 is 0 Å². The summed E-state index contributed by atoms with van der Waals surface area (Å²) < 4.78 is 5.01. The maximum Gasteiger partial charge on any atom is 0.238 e. The molecule has 1 saturated heterocycles. The summed E-state index contributed by atoms with van der Waals surface area (Å²) >= 11 is 5.98. The van der Waals surface area contributed by atoms with E-state index in [9.17, 15) is 4.79 Å². The minimum atomic E-state index is -0.252. The molecule has 3 atom stereocenters. The van der Waals surface area contributed by atoms with Crippen molar-refractivity contribution in [2.24, 2.45) is 0 Å². The fourth-order valence-electron chi connectivity index (χ4n) is 2.31. The lowest BCUT2D eigenvalue weighted by molar-refractivity contribution is -0.123. The first-order valence-corrected chi connectivity index (χ1v) is 7.03. The van der Waals surface area contributed by atoms with E-state index in [0.717, 1.165) is 5.56 Å². The first kappa shape index (κ1) is 15.3. The maximum absolute atomic E-state index is 12.1. The van der Waals surface area contributed by atoms with Gasteiger partial charge in [0, 0.05) is 24.2 Å². The van der Waals surface area contributed by atoms with Crippen molar-refractivity contribution < 1.29 is 9.53 Å². The number of benzene rings is 1. The van der Waals surface area contributed by atoms with Gasteiger partial charge in [-0.05, 0) is 31.0 Å². The van der Waals surface area contributed by atoms with Crippen molar-refractivity contribution in [1.29, 1.82) is 0 Å². The molecule has 1 aliphatic heterocycles. The highest BCUT2D eigenvalue weighted by atomic mass is 35.5. The van der Waals surface area contributed by atoms with Crippen LogP contribution in [0.25, 0.3) is 0 Å². The van der Waals surface area contributed by atoms with Gasteiger partial charge in [-0.3, -0.25) is 4.79 Å². The monoisotopic (exact) mass is 297 g/mol. The van der Waals surface area contributed by atoms with Crippen molar-refractivity contribution in [3.63, 3.8) is 0 Å². The Morgan fingerprint density at radius 3 is 3.05 bits per heavy atom. The van der Waals surface area contributed by atoms with Crippen LogP contribution in [0.1, 0.15) is 24.9 Å². The van der Waals surface area contributed by atoms with E-state index in [1.807, 2.05) is 31.2 Å². The van der Waals surface area contributed by atoms with E-state index in [0.29, 0.717) is 18.1 Å². The van der Waals surface area contributed by atoms with Gasteiger partial charge in [-0.25, -0.2) is 10.9 Å². The van der Waals surface area contributed by atoms with Crippen LogP contribution in [0.2, 0.25) is 5.02 Å². The predicted octanol–water partition coefficient (Wildman–Crippen LogP) is 1.40. The van der Waals surface area contributed by atoms with E-state index in [-0.39, 0.29) is 24.0 Å². The second-order valence-corrected chi connectivity index (χ2v) is 5.49. The second kappa shape index (κ2) is 7.04. The minimum Gasteiger partial charge on any atom is -0.383 e. The minimum absolute atomic E-state index is 0.000445. The molecule has 110 valence electrons. The number of ether oxygens (including phenoxy) is 1. The van der Waals surface area contributed by atoms with Crippen molar-refractivity contribution in [2.75, 3.05) is 13.7 Å². The van der Waals surface area contributed by atoms with E-state index in [2.05, 4.69) is 16.2 Å². The lowest BCUT2D eigenvalue weighted by atomic mass is 10.0. The molecule has 1 fully saturated rings. The summed E-state index contributed by atoms with van der Waals surface area (Å²) in [5.74, 6) is -0.0217. The maximum atomic E-state index is 12.1. The first-order valence-electron chi connectivity index (χ1n) is 6.66. The largest absolute Gasteiger partial charge is 0.383 e. The number of carbonyl (C=O) groups excluding carboxylic acids is 1. The van der Waals surface area contributed by atoms with Crippen LogP contribution in [0.15, 0.2) is 24.3 Å². The van der Waals surface area contributed by atoms with Gasteiger partial charge in [0.2, 0.25) is 5.91 Å². The van der Waals surface area contributed by atoms with Gasteiger partial charge in [-0.15, -0.1) is 0 Å². The lowest BCUT2D eigenvalue weighted by Crippen LogP contribution is -2.47. The van der Waals surface area contributed by atoms with Crippen LogP contribution in [0, 0.1) is 0 Å². The summed E-state index contributed by atoms with van der Waals surface area (Å²) in [5.41, 5.74) is 7.24. The van der Waals surface area contributed by atoms with Crippen LogP contribution < -0.4 is 16.2 Å². The number of hydrogen-bond acceptors (Lipinski definition) is 4. The SMILES string of the molecule is COCC(C)NC(=O)C1CC(c2cccc(Cl)c2)NN1. The molecule has 1 amide bonds. The molecular weight excluding hydrogens is 278 g/mol. The molecule has 0 radical (unpaired) electrons. The Labute approximate surface area is 124 Å². The highest BCUT2D eigenvalue weighted by Gasteiger charge is 2.30. The first-order chi connectivity index (χ1) is 9.60. The van der Waals surface area contributed by atoms with Crippen molar-refractivity contribution in [3.8, 4) is 0 Å². The molecule has 0 aliphatic carbocycles. The summed E-state index contributed by atoms with van der Waals surface area (Å²) in [6.45, 7) is 2.42. The molecule has 2 rings (SSSR count). The van der Waals surface area contributed by atoms with Gasteiger partial charge < -0.3 is 10.1 Å². The van der Waals surface area contributed by atoms with Crippen molar-refractivity contribution in [3.05, 3.63) is 34.9 Å². The zero-order valence-electron chi connectivity index (χ0n) is 11.7. The summed E-state index contributed by atoms with van der Waals surface area (Å²) in [4.78, 5) is 12.1. The molecule has 0 saturated carbocycles. The smallest absolute Gasteiger partial charge is 0.238 e. The summed E-state index contributed by atoms with van der Waals surface area (Å²) in [6, 6.07) is 7.49. The second-order valence-electron chi connectivity index (χ2n) is 5.05. The van der Waals surface area contributed by atoms with Gasteiger partial charge in [0.1, 0.15) is 6.04 Å². The highest BCUT2D eigenvalue weighted by Crippen LogP contribution is 2.24. The van der Waals surface area contributed by atoms with Crippen molar-refractivity contribution in [1.82, 2.24) is 16.2 Å². The quantitative estimate of drug-likeness (QED) is 0.769. The number of rotatable bonds is 5. The van der Waals surface area contributed by atoms with Crippen molar-refractivity contribution in [2.45, 2.75) is 31.5 Å². The Hall–Kier alpha value is -1.14. The number of carbonyl (C=O) groups is 1. The molecule has 5 nitrogen and oxygen atoms in total. The number of hydrazine groups is 1. The van der Waals surface area contributed by atoms with Gasteiger partial charge in [0.25, 0.3) is 0 Å². The van der Waals surface area contributed by atoms with E-state index in [1.165, 1.54) is 0 Å². The fraction of sp³-hybridized carbons (Fsp3) is 0.500. The molecule has 1 aromatic rings. The number of nitrogens with one attached hydrogen (secondary N) is 3. The third-order valence-electron chi connectivity index (χ3n) is 3.28. The van der Waals surface area contributed by atoms with Crippen LogP contribution >= 0.6 is 11.6 Å². The number of halogens is 1. The molecule has 1 heterocycles. The number of amides is 1. The zero-order valence-corrected chi connectivity index (χ0v) is 12.4.